The van der Waals surface area contributed by atoms with Gasteiger partial charge in [0.15, 0.2) is 0 Å². The second-order valence-corrected chi connectivity index (χ2v) is 10.9. The molecule has 4 atom stereocenters. The van der Waals surface area contributed by atoms with Crippen LogP contribution in [0.1, 0.15) is 22.5 Å². The van der Waals surface area contributed by atoms with Crippen LogP contribution < -0.4 is 21.7 Å². The van der Waals surface area contributed by atoms with Crippen molar-refractivity contribution in [1.29, 1.82) is 0 Å². The van der Waals surface area contributed by atoms with E-state index in [4.69, 9.17) is 5.73 Å². The van der Waals surface area contributed by atoms with E-state index in [1.165, 1.54) is 25.0 Å². The Morgan fingerprint density at radius 2 is 1.26 bits per heavy atom. The number of benzene rings is 2. The Hall–Kier alpha value is -5.76. The molecular formula is C32H35N9O5. The Morgan fingerprint density at radius 3 is 1.89 bits per heavy atom. The van der Waals surface area contributed by atoms with E-state index in [1.54, 1.807) is 6.20 Å². The number of nitrogens with zero attached hydrogens (tertiary/aromatic N) is 2. The zero-order valence-electron chi connectivity index (χ0n) is 24.8. The summed E-state index contributed by atoms with van der Waals surface area (Å²) in [4.78, 5) is 69.6. The third-order valence-corrected chi connectivity index (χ3v) is 7.57. The molecule has 2 aromatic carbocycles. The summed E-state index contributed by atoms with van der Waals surface area (Å²) in [5, 5.41) is 18.7. The van der Waals surface area contributed by atoms with Crippen molar-refractivity contribution in [3.05, 3.63) is 108 Å². The molecule has 14 nitrogen and oxygen atoms in total. The van der Waals surface area contributed by atoms with Gasteiger partial charge in [0.2, 0.25) is 17.7 Å². The lowest BCUT2D eigenvalue weighted by molar-refractivity contribution is -0.142. The largest absolute Gasteiger partial charge is 0.480 e. The van der Waals surface area contributed by atoms with Crippen LogP contribution in [-0.2, 0) is 44.9 Å². The second-order valence-electron chi connectivity index (χ2n) is 10.9. The third kappa shape index (κ3) is 8.24. The number of carbonyl (C=O) groups is 4. The van der Waals surface area contributed by atoms with Crippen LogP contribution in [0.2, 0.25) is 0 Å². The fourth-order valence-corrected chi connectivity index (χ4v) is 5.16. The SMILES string of the molecule is NC(Cc1ccccc1)C(=O)NC(Cc1c[nH]c2ccccc12)C(=O)NC(Cc1cnc[nH]1)C(=O)NC(Cc1cnc[nH]1)C(=O)O. The molecule has 0 radical (unpaired) electrons. The van der Waals surface area contributed by atoms with Gasteiger partial charge >= 0.3 is 5.97 Å². The second kappa shape index (κ2) is 14.8. The van der Waals surface area contributed by atoms with Crippen molar-refractivity contribution < 1.29 is 24.3 Å². The van der Waals surface area contributed by atoms with Gasteiger partial charge in [0.25, 0.3) is 0 Å². The van der Waals surface area contributed by atoms with Gasteiger partial charge in [-0.25, -0.2) is 14.8 Å². The molecule has 4 unspecified atom stereocenters. The smallest absolute Gasteiger partial charge is 0.326 e. The number of carbonyl (C=O) groups excluding carboxylic acids is 3. The fraction of sp³-hybridized carbons (Fsp3) is 0.250. The molecule has 0 aliphatic carbocycles. The lowest BCUT2D eigenvalue weighted by atomic mass is 10.0. The van der Waals surface area contributed by atoms with Gasteiger partial charge < -0.3 is 41.7 Å². The summed E-state index contributed by atoms with van der Waals surface area (Å²) in [6, 6.07) is 12.3. The lowest BCUT2D eigenvalue weighted by Gasteiger charge is -2.25. The number of aromatic amines is 3. The number of nitrogens with two attached hydrogens (primary N) is 1. The molecular weight excluding hydrogens is 590 g/mol. The predicted molar refractivity (Wildman–Crippen MR) is 168 cm³/mol. The van der Waals surface area contributed by atoms with E-state index in [0.29, 0.717) is 11.4 Å². The number of H-pyrrole nitrogens is 3. The first-order valence-corrected chi connectivity index (χ1v) is 14.7. The average molecular weight is 626 g/mol. The number of fused-ring (bicyclic) bond motifs is 1. The van der Waals surface area contributed by atoms with Crippen molar-refractivity contribution in [2.75, 3.05) is 0 Å². The highest BCUT2D eigenvalue weighted by Crippen LogP contribution is 2.19. The lowest BCUT2D eigenvalue weighted by Crippen LogP contribution is -2.58. The van der Waals surface area contributed by atoms with Gasteiger partial charge in [-0.1, -0.05) is 48.5 Å². The van der Waals surface area contributed by atoms with Crippen LogP contribution >= 0.6 is 0 Å². The van der Waals surface area contributed by atoms with Gasteiger partial charge in [-0.05, 0) is 23.6 Å². The number of hydrogen-bond donors (Lipinski definition) is 8. The van der Waals surface area contributed by atoms with Gasteiger partial charge in [-0.3, -0.25) is 14.4 Å². The molecule has 14 heteroatoms. The van der Waals surface area contributed by atoms with Crippen LogP contribution in [0.25, 0.3) is 10.9 Å². The zero-order valence-corrected chi connectivity index (χ0v) is 24.8. The van der Waals surface area contributed by atoms with Crippen molar-refractivity contribution in [3.63, 3.8) is 0 Å². The highest BCUT2D eigenvalue weighted by molar-refractivity contribution is 5.95. The van der Waals surface area contributed by atoms with E-state index < -0.39 is 47.9 Å². The summed E-state index contributed by atoms with van der Waals surface area (Å²) in [7, 11) is 0. The number of nitrogens with one attached hydrogen (secondary N) is 6. The summed E-state index contributed by atoms with van der Waals surface area (Å²) >= 11 is 0. The minimum Gasteiger partial charge on any atom is -0.480 e. The predicted octanol–water partition coefficient (Wildman–Crippen LogP) is 0.751. The number of carboxylic acids is 1. The number of carboxylic acid groups (broad SMARTS) is 1. The van der Waals surface area contributed by atoms with E-state index in [2.05, 4.69) is 40.9 Å². The number of rotatable bonds is 15. The molecule has 0 fully saturated rings. The van der Waals surface area contributed by atoms with Crippen LogP contribution in [0.5, 0.6) is 0 Å². The molecule has 9 N–H and O–H groups in total. The first-order chi connectivity index (χ1) is 22.3. The number of imidazole rings is 2. The highest BCUT2D eigenvalue weighted by atomic mass is 16.4. The van der Waals surface area contributed by atoms with E-state index in [-0.39, 0.29) is 25.7 Å². The van der Waals surface area contributed by atoms with Crippen molar-refractivity contribution >= 4 is 34.6 Å². The molecule has 0 aliphatic heterocycles. The molecule has 238 valence electrons. The van der Waals surface area contributed by atoms with E-state index in [9.17, 15) is 24.3 Å². The zero-order chi connectivity index (χ0) is 32.5. The standard InChI is InChI=1S/C32H35N9O5/c33-24(10-19-6-2-1-3-7-19)29(42)39-26(11-20-14-36-25-9-5-4-8-23(20)25)30(43)40-27(12-21-15-34-17-37-21)31(44)41-28(32(45)46)13-22-16-35-18-38-22/h1-9,14-18,24,26-28,36H,10-13,33H2,(H,34,37)(H,35,38)(H,39,42)(H,40,43)(H,41,44)(H,45,46). The topological polar surface area (TPSA) is 224 Å². The Balaban J connectivity index is 1.37. The number of amides is 3. The summed E-state index contributed by atoms with van der Waals surface area (Å²) in [5.41, 5.74) is 9.79. The molecule has 3 aromatic heterocycles. The van der Waals surface area contributed by atoms with Crippen molar-refractivity contribution in [2.45, 2.75) is 49.9 Å². The minimum absolute atomic E-state index is 0.0186. The molecule has 5 rings (SSSR count). The molecule has 0 aliphatic rings. The maximum absolute atomic E-state index is 13.9. The van der Waals surface area contributed by atoms with E-state index in [0.717, 1.165) is 22.0 Å². The molecule has 0 bridgehead atoms. The molecule has 0 saturated carbocycles. The maximum atomic E-state index is 13.9. The summed E-state index contributed by atoms with van der Waals surface area (Å²) < 4.78 is 0. The van der Waals surface area contributed by atoms with Crippen LogP contribution in [0.3, 0.4) is 0 Å². The molecule has 46 heavy (non-hydrogen) atoms. The quantitative estimate of drug-likeness (QED) is 0.0827. The van der Waals surface area contributed by atoms with Crippen LogP contribution in [0, 0.1) is 0 Å². The summed E-state index contributed by atoms with van der Waals surface area (Å²) in [6.07, 6.45) is 7.85. The highest BCUT2D eigenvalue weighted by Gasteiger charge is 2.31. The van der Waals surface area contributed by atoms with Crippen molar-refractivity contribution in [1.82, 2.24) is 40.9 Å². The van der Waals surface area contributed by atoms with Gasteiger partial charge in [0.05, 0.1) is 18.7 Å². The Kier molecular flexibility index (Phi) is 10.2. The number of aromatic nitrogens is 5. The number of aliphatic carboxylic acids is 1. The van der Waals surface area contributed by atoms with Crippen molar-refractivity contribution in [2.24, 2.45) is 5.73 Å². The first-order valence-electron chi connectivity index (χ1n) is 14.7. The molecule has 3 heterocycles. The van der Waals surface area contributed by atoms with E-state index >= 15 is 0 Å². The third-order valence-electron chi connectivity index (χ3n) is 7.57. The Labute approximate surface area is 263 Å². The summed E-state index contributed by atoms with van der Waals surface area (Å²) in [6.45, 7) is 0. The normalized spacial score (nSPS) is 13.8. The maximum Gasteiger partial charge on any atom is 0.326 e. The number of hydrogen-bond acceptors (Lipinski definition) is 7. The molecule has 5 aromatic rings. The van der Waals surface area contributed by atoms with Crippen LogP contribution in [0.4, 0.5) is 0 Å². The number of para-hydroxylation sites is 1. The first kappa shape index (κ1) is 31.7. The van der Waals surface area contributed by atoms with Crippen LogP contribution in [-0.4, -0.2) is 77.9 Å². The van der Waals surface area contributed by atoms with Gasteiger partial charge in [-0.2, -0.15) is 0 Å². The Bertz CT molecular complexity index is 1750. The van der Waals surface area contributed by atoms with Crippen molar-refractivity contribution in [3.8, 4) is 0 Å². The van der Waals surface area contributed by atoms with E-state index in [1.807, 2.05) is 54.6 Å². The fourth-order valence-electron chi connectivity index (χ4n) is 5.16. The van der Waals surface area contributed by atoms with Gasteiger partial charge in [0, 0.05) is 60.1 Å². The van der Waals surface area contributed by atoms with Crippen LogP contribution in [0.15, 0.2) is 85.8 Å². The average Bonchev–Trinajstić information content (AvgIpc) is 3.84. The molecule has 0 saturated heterocycles. The Morgan fingerprint density at radius 1 is 0.696 bits per heavy atom. The summed E-state index contributed by atoms with van der Waals surface area (Å²) in [5.74, 6) is -3.17. The molecule has 3 amide bonds. The minimum atomic E-state index is -1.30. The monoisotopic (exact) mass is 625 g/mol. The van der Waals surface area contributed by atoms with Gasteiger partial charge in [0.1, 0.15) is 18.1 Å². The molecule has 0 spiro atoms. The van der Waals surface area contributed by atoms with Gasteiger partial charge in [-0.15, -0.1) is 0 Å².